The van der Waals surface area contributed by atoms with Gasteiger partial charge < -0.3 is 4.74 Å². The van der Waals surface area contributed by atoms with Crippen LogP contribution in [0.1, 0.15) is 10.4 Å². The van der Waals surface area contributed by atoms with Crippen molar-refractivity contribution in [2.75, 3.05) is 0 Å². The number of ether oxygens (including phenoxy) is 1. The maximum atomic E-state index is 12.3. The van der Waals surface area contributed by atoms with E-state index >= 15 is 0 Å². The van der Waals surface area contributed by atoms with Gasteiger partial charge in [0.2, 0.25) is 0 Å². The van der Waals surface area contributed by atoms with E-state index in [4.69, 9.17) is 11.6 Å². The Balaban J connectivity index is 2.03. The summed E-state index contributed by atoms with van der Waals surface area (Å²) in [5.41, 5.74) is 1.17. The number of alkyl halides is 3. The fourth-order valence-electron chi connectivity index (χ4n) is 2.18. The Morgan fingerprint density at radius 3 is 2.57 bits per heavy atom. The number of aldehydes is 1. The van der Waals surface area contributed by atoms with Gasteiger partial charge in [0, 0.05) is 20.2 Å². The molecule has 0 saturated heterocycles. The number of halogens is 4. The van der Waals surface area contributed by atoms with Gasteiger partial charge in [-0.1, -0.05) is 11.6 Å². The fourth-order valence-corrected chi connectivity index (χ4v) is 3.46. The molecule has 0 fully saturated rings. The minimum Gasteiger partial charge on any atom is -0.406 e. The van der Waals surface area contributed by atoms with Crippen molar-refractivity contribution in [3.8, 4) is 16.2 Å². The first-order chi connectivity index (χ1) is 10.8. The van der Waals surface area contributed by atoms with E-state index in [-0.39, 0.29) is 5.75 Å². The quantitative estimate of drug-likeness (QED) is 0.543. The first-order valence-electron chi connectivity index (χ1n) is 6.39. The van der Waals surface area contributed by atoms with Crippen LogP contribution in [0.3, 0.4) is 0 Å². The number of thiophene rings is 1. The van der Waals surface area contributed by atoms with Gasteiger partial charge in [-0.15, -0.1) is 24.5 Å². The van der Waals surface area contributed by atoms with Crippen molar-refractivity contribution in [3.63, 3.8) is 0 Å². The third-order valence-corrected chi connectivity index (χ3v) is 4.45. The molecule has 0 bridgehead atoms. The second kappa shape index (κ2) is 5.86. The Morgan fingerprint density at radius 2 is 1.87 bits per heavy atom. The van der Waals surface area contributed by atoms with Gasteiger partial charge in [0.25, 0.3) is 0 Å². The molecule has 23 heavy (non-hydrogen) atoms. The lowest BCUT2D eigenvalue weighted by Gasteiger charge is -2.08. The highest BCUT2D eigenvalue weighted by Gasteiger charge is 2.31. The summed E-state index contributed by atoms with van der Waals surface area (Å²) in [4.78, 5) is 11.7. The molecule has 0 amide bonds. The Morgan fingerprint density at radius 1 is 1.09 bits per heavy atom. The fraction of sp³-hybridized carbons (Fsp3) is 0.0625. The van der Waals surface area contributed by atoms with Crippen molar-refractivity contribution in [2.24, 2.45) is 0 Å². The topological polar surface area (TPSA) is 26.3 Å². The minimum atomic E-state index is -4.72. The van der Waals surface area contributed by atoms with Crippen LogP contribution in [0, 0.1) is 0 Å². The van der Waals surface area contributed by atoms with Gasteiger partial charge in [0.15, 0.2) is 0 Å². The van der Waals surface area contributed by atoms with E-state index < -0.39 is 6.36 Å². The van der Waals surface area contributed by atoms with Gasteiger partial charge in [-0.05, 0) is 53.4 Å². The zero-order valence-corrected chi connectivity index (χ0v) is 12.9. The van der Waals surface area contributed by atoms with Gasteiger partial charge in [-0.3, -0.25) is 4.79 Å². The van der Waals surface area contributed by atoms with E-state index in [0.717, 1.165) is 15.1 Å². The van der Waals surface area contributed by atoms with Crippen LogP contribution < -0.4 is 4.74 Å². The van der Waals surface area contributed by atoms with Crippen molar-refractivity contribution < 1.29 is 22.7 Å². The van der Waals surface area contributed by atoms with Crippen LogP contribution in [0.2, 0.25) is 5.02 Å². The summed E-state index contributed by atoms with van der Waals surface area (Å²) >= 11 is 7.37. The van der Waals surface area contributed by atoms with Gasteiger partial charge in [0.1, 0.15) is 12.0 Å². The third kappa shape index (κ3) is 3.65. The Kier molecular flexibility index (Phi) is 4.04. The molecule has 1 aromatic heterocycles. The average Bonchev–Trinajstić information content (AvgIpc) is 2.88. The van der Waals surface area contributed by atoms with Gasteiger partial charge in [-0.2, -0.15) is 0 Å². The number of hydrogen-bond acceptors (Lipinski definition) is 3. The Labute approximate surface area is 138 Å². The summed E-state index contributed by atoms with van der Waals surface area (Å²) < 4.78 is 41.5. The molecule has 0 aliphatic heterocycles. The Bertz CT molecular complexity index is 887. The summed E-state index contributed by atoms with van der Waals surface area (Å²) in [6.07, 6.45) is -4.03. The van der Waals surface area contributed by atoms with Gasteiger partial charge >= 0.3 is 6.36 Å². The van der Waals surface area contributed by atoms with E-state index in [9.17, 15) is 18.0 Å². The molecule has 7 heteroatoms. The second-order valence-electron chi connectivity index (χ2n) is 4.75. The zero-order valence-electron chi connectivity index (χ0n) is 11.4. The molecule has 2 aromatic carbocycles. The second-order valence-corrected chi connectivity index (χ2v) is 6.27. The molecule has 0 atom stereocenters. The highest BCUT2D eigenvalue weighted by molar-refractivity contribution is 7.22. The summed E-state index contributed by atoms with van der Waals surface area (Å²) in [6.45, 7) is 0. The van der Waals surface area contributed by atoms with Crippen molar-refractivity contribution in [1.29, 1.82) is 0 Å². The predicted octanol–water partition coefficient (Wildman–Crippen LogP) is 5.93. The minimum absolute atomic E-state index is 0.269. The van der Waals surface area contributed by atoms with Crippen LogP contribution in [0.25, 0.3) is 20.5 Å². The SMILES string of the molecule is O=Cc1cc(Cl)cc(-c2cc3cc(OC(F)(F)F)ccc3s2)c1. The van der Waals surface area contributed by atoms with E-state index in [1.807, 2.05) is 0 Å². The lowest BCUT2D eigenvalue weighted by atomic mass is 10.1. The third-order valence-electron chi connectivity index (χ3n) is 3.06. The maximum absolute atomic E-state index is 12.3. The van der Waals surface area contributed by atoms with Crippen LogP contribution in [-0.4, -0.2) is 12.6 Å². The predicted molar refractivity (Wildman–Crippen MR) is 84.3 cm³/mol. The first-order valence-corrected chi connectivity index (χ1v) is 7.59. The van der Waals surface area contributed by atoms with Gasteiger partial charge in [-0.25, -0.2) is 0 Å². The zero-order chi connectivity index (χ0) is 16.6. The largest absolute Gasteiger partial charge is 0.573 e. The standard InChI is InChI=1S/C16H8ClF3O2S/c17-12-4-9(8-21)3-10(5-12)15-7-11-6-13(22-16(18,19)20)1-2-14(11)23-15/h1-8H. The molecule has 3 aromatic rings. The number of carbonyl (C=O) groups is 1. The molecule has 0 radical (unpaired) electrons. The number of carbonyl (C=O) groups excluding carboxylic acids is 1. The van der Waals surface area contributed by atoms with E-state index in [1.165, 1.54) is 23.5 Å². The van der Waals surface area contributed by atoms with Gasteiger partial charge in [0.05, 0.1) is 0 Å². The van der Waals surface area contributed by atoms with Crippen LogP contribution >= 0.6 is 22.9 Å². The molecule has 0 aliphatic carbocycles. The molecule has 1 heterocycles. The molecule has 0 unspecified atom stereocenters. The Hall–Kier alpha value is -2.05. The molecule has 0 N–H and O–H groups in total. The molecular formula is C16H8ClF3O2S. The van der Waals surface area contributed by atoms with E-state index in [0.29, 0.717) is 22.3 Å². The lowest BCUT2D eigenvalue weighted by molar-refractivity contribution is -0.274. The maximum Gasteiger partial charge on any atom is 0.573 e. The molecular weight excluding hydrogens is 349 g/mol. The molecule has 0 saturated carbocycles. The van der Waals surface area contributed by atoms with Crippen molar-refractivity contribution in [2.45, 2.75) is 6.36 Å². The smallest absolute Gasteiger partial charge is 0.406 e. The molecule has 0 aliphatic rings. The highest BCUT2D eigenvalue weighted by atomic mass is 35.5. The average molecular weight is 357 g/mol. The number of rotatable bonds is 3. The summed E-state index contributed by atoms with van der Waals surface area (Å²) in [7, 11) is 0. The summed E-state index contributed by atoms with van der Waals surface area (Å²) in [5, 5.41) is 1.04. The van der Waals surface area contributed by atoms with Crippen molar-refractivity contribution in [1.82, 2.24) is 0 Å². The lowest BCUT2D eigenvalue weighted by Crippen LogP contribution is -2.16. The summed E-state index contributed by atoms with van der Waals surface area (Å²) in [6, 6.07) is 10.8. The van der Waals surface area contributed by atoms with Crippen molar-refractivity contribution >= 4 is 39.3 Å². The first kappa shape index (κ1) is 15.8. The van der Waals surface area contributed by atoms with Crippen LogP contribution in [0.5, 0.6) is 5.75 Å². The van der Waals surface area contributed by atoms with E-state index in [2.05, 4.69) is 4.74 Å². The molecule has 118 valence electrons. The number of benzene rings is 2. The number of fused-ring (bicyclic) bond motifs is 1. The number of hydrogen-bond donors (Lipinski definition) is 0. The normalized spacial score (nSPS) is 11.7. The van der Waals surface area contributed by atoms with Crippen molar-refractivity contribution in [3.05, 3.63) is 53.1 Å². The van der Waals surface area contributed by atoms with Crippen LogP contribution in [-0.2, 0) is 0 Å². The molecule has 0 spiro atoms. The monoisotopic (exact) mass is 356 g/mol. The summed E-state index contributed by atoms with van der Waals surface area (Å²) in [5.74, 6) is -0.269. The van der Waals surface area contributed by atoms with Crippen LogP contribution in [0.4, 0.5) is 13.2 Å². The molecule has 3 rings (SSSR count). The van der Waals surface area contributed by atoms with Crippen LogP contribution in [0.15, 0.2) is 42.5 Å². The molecule has 2 nitrogen and oxygen atoms in total. The highest BCUT2D eigenvalue weighted by Crippen LogP contribution is 2.37. The van der Waals surface area contributed by atoms with E-state index in [1.54, 1.807) is 30.3 Å².